The molecule has 1 unspecified atom stereocenters. The van der Waals surface area contributed by atoms with Crippen LogP contribution >= 0.6 is 0 Å². The average molecular weight is 451 g/mol. The van der Waals surface area contributed by atoms with E-state index in [9.17, 15) is 9.18 Å². The molecule has 0 heterocycles. The molecular formula is C25H27FN4O3. The van der Waals surface area contributed by atoms with Gasteiger partial charge in [-0.15, -0.1) is 0 Å². The number of hydrogen-bond acceptors (Lipinski definition) is 5. The van der Waals surface area contributed by atoms with E-state index >= 15 is 0 Å². The molecule has 0 aromatic heterocycles. The summed E-state index contributed by atoms with van der Waals surface area (Å²) in [6.07, 6.45) is -1.11. The Morgan fingerprint density at radius 3 is 2.52 bits per heavy atom. The van der Waals surface area contributed by atoms with Gasteiger partial charge < -0.3 is 25.8 Å². The Labute approximate surface area is 192 Å². The van der Waals surface area contributed by atoms with E-state index in [0.29, 0.717) is 17.0 Å². The zero-order valence-electron chi connectivity index (χ0n) is 18.5. The van der Waals surface area contributed by atoms with Crippen LogP contribution in [0.2, 0.25) is 0 Å². The normalized spacial score (nSPS) is 11.5. The average Bonchev–Trinajstić information content (AvgIpc) is 2.82. The van der Waals surface area contributed by atoms with Crippen molar-refractivity contribution >= 4 is 23.1 Å². The summed E-state index contributed by atoms with van der Waals surface area (Å²) in [5.74, 6) is -0.760. The maximum Gasteiger partial charge on any atom is 0.254 e. The van der Waals surface area contributed by atoms with Crippen molar-refractivity contribution in [2.24, 2.45) is 5.73 Å². The molecule has 0 spiro atoms. The highest BCUT2D eigenvalue weighted by Crippen LogP contribution is 2.26. The van der Waals surface area contributed by atoms with Gasteiger partial charge in [0.2, 0.25) is 0 Å². The van der Waals surface area contributed by atoms with Gasteiger partial charge in [0.05, 0.1) is 7.11 Å². The van der Waals surface area contributed by atoms with E-state index in [4.69, 9.17) is 20.6 Å². The monoisotopic (exact) mass is 450 g/mol. The molecule has 3 aromatic rings. The highest BCUT2D eigenvalue weighted by Gasteiger charge is 2.24. The molecular weight excluding hydrogens is 423 g/mol. The number of amidine groups is 1. The number of nitrogen functional groups attached to an aromatic ring is 1. The number of nitrogens with one attached hydrogen (secondary N) is 3. The van der Waals surface area contributed by atoms with Gasteiger partial charge in [-0.25, -0.2) is 4.39 Å². The van der Waals surface area contributed by atoms with Crippen molar-refractivity contribution in [2.75, 3.05) is 19.0 Å². The number of hydrogen-bond donors (Lipinski definition) is 4. The number of nitrogens with two attached hydrogens (primary N) is 1. The number of carbonyl (C=O) groups excluding carboxylic acids is 1. The largest absolute Gasteiger partial charge is 0.497 e. The predicted molar refractivity (Wildman–Crippen MR) is 126 cm³/mol. The first-order valence-corrected chi connectivity index (χ1v) is 10.4. The molecule has 0 aliphatic carbocycles. The van der Waals surface area contributed by atoms with Gasteiger partial charge in [-0.2, -0.15) is 0 Å². The van der Waals surface area contributed by atoms with E-state index in [-0.39, 0.29) is 24.6 Å². The highest BCUT2D eigenvalue weighted by molar-refractivity contribution is 5.96. The molecule has 0 aliphatic heterocycles. The second-order valence-corrected chi connectivity index (χ2v) is 7.22. The number of ether oxygens (including phenoxy) is 2. The standard InChI is InChI=1S/C25H27FN4O3/c1-3-33-23(20-12-11-19(32-2)14-21(20)26)25(31)29-15-17-10-9-16(24(27)28)13-22(17)30-18-7-5-4-6-8-18/h4-14,23,30H,3,15H2,1-2H3,(H3,27,28)(H,29,31). The van der Waals surface area contributed by atoms with E-state index < -0.39 is 17.8 Å². The Hall–Kier alpha value is -3.91. The van der Waals surface area contributed by atoms with Crippen molar-refractivity contribution < 1.29 is 18.7 Å². The summed E-state index contributed by atoms with van der Waals surface area (Å²) in [7, 11) is 1.44. The molecule has 0 fully saturated rings. The predicted octanol–water partition coefficient (Wildman–Crippen LogP) is 4.26. The first kappa shape index (κ1) is 23.7. The lowest BCUT2D eigenvalue weighted by molar-refractivity contribution is -0.133. The first-order valence-electron chi connectivity index (χ1n) is 10.4. The number of para-hydroxylation sites is 1. The second kappa shape index (κ2) is 11.1. The summed E-state index contributed by atoms with van der Waals surface area (Å²) >= 11 is 0. The molecule has 0 radical (unpaired) electrons. The summed E-state index contributed by atoms with van der Waals surface area (Å²) in [5.41, 5.74) is 8.63. The fourth-order valence-corrected chi connectivity index (χ4v) is 3.29. The molecule has 7 nitrogen and oxygen atoms in total. The molecule has 3 rings (SSSR count). The molecule has 1 amide bonds. The molecule has 1 atom stereocenters. The third-order valence-corrected chi connectivity index (χ3v) is 4.99. The van der Waals surface area contributed by atoms with Crippen LogP contribution in [0.25, 0.3) is 0 Å². The van der Waals surface area contributed by atoms with Crippen molar-refractivity contribution in [1.82, 2.24) is 5.32 Å². The summed E-state index contributed by atoms with van der Waals surface area (Å²) in [6.45, 7) is 2.13. The van der Waals surface area contributed by atoms with E-state index in [1.54, 1.807) is 31.2 Å². The molecule has 0 aliphatic rings. The third kappa shape index (κ3) is 6.08. The Morgan fingerprint density at radius 2 is 1.88 bits per heavy atom. The lowest BCUT2D eigenvalue weighted by Gasteiger charge is -2.19. The molecule has 3 aromatic carbocycles. The zero-order valence-corrected chi connectivity index (χ0v) is 18.5. The van der Waals surface area contributed by atoms with Crippen LogP contribution in [0.3, 0.4) is 0 Å². The minimum Gasteiger partial charge on any atom is -0.497 e. The molecule has 0 saturated carbocycles. The van der Waals surface area contributed by atoms with Gasteiger partial charge in [-0.1, -0.05) is 30.3 Å². The van der Waals surface area contributed by atoms with Crippen molar-refractivity contribution in [3.05, 3.63) is 89.2 Å². The van der Waals surface area contributed by atoms with Crippen LogP contribution in [0, 0.1) is 11.2 Å². The van der Waals surface area contributed by atoms with Gasteiger partial charge in [-0.05, 0) is 42.8 Å². The summed E-state index contributed by atoms with van der Waals surface area (Å²) in [6, 6.07) is 19.0. The van der Waals surface area contributed by atoms with Crippen molar-refractivity contribution in [3.63, 3.8) is 0 Å². The number of rotatable bonds is 10. The molecule has 5 N–H and O–H groups in total. The minimum atomic E-state index is -1.11. The van der Waals surface area contributed by atoms with Crippen molar-refractivity contribution in [1.29, 1.82) is 5.41 Å². The number of halogens is 1. The van der Waals surface area contributed by atoms with Gasteiger partial charge in [0.25, 0.3) is 5.91 Å². The smallest absolute Gasteiger partial charge is 0.254 e. The van der Waals surface area contributed by atoms with Gasteiger partial charge in [0.1, 0.15) is 17.4 Å². The Bertz CT molecular complexity index is 1120. The molecule has 33 heavy (non-hydrogen) atoms. The van der Waals surface area contributed by atoms with Crippen LogP contribution in [0.15, 0.2) is 66.7 Å². The quantitative estimate of drug-likeness (QED) is 0.273. The summed E-state index contributed by atoms with van der Waals surface area (Å²) < 4.78 is 25.2. The lowest BCUT2D eigenvalue weighted by Crippen LogP contribution is -2.31. The summed E-state index contributed by atoms with van der Waals surface area (Å²) in [4.78, 5) is 12.9. The molecule has 172 valence electrons. The van der Waals surface area contributed by atoms with Gasteiger partial charge in [-0.3, -0.25) is 10.2 Å². The highest BCUT2D eigenvalue weighted by atomic mass is 19.1. The molecule has 0 saturated heterocycles. The van der Waals surface area contributed by atoms with Crippen LogP contribution < -0.4 is 21.1 Å². The SMILES string of the molecule is CCOC(C(=O)NCc1ccc(C(=N)N)cc1Nc1ccccc1)c1ccc(OC)cc1F. The number of benzene rings is 3. The van der Waals surface area contributed by atoms with Gasteiger partial charge in [0, 0.05) is 41.7 Å². The second-order valence-electron chi connectivity index (χ2n) is 7.22. The zero-order chi connectivity index (χ0) is 23.8. The van der Waals surface area contributed by atoms with Crippen molar-refractivity contribution in [3.8, 4) is 5.75 Å². The fourth-order valence-electron chi connectivity index (χ4n) is 3.29. The number of carbonyl (C=O) groups is 1. The van der Waals surface area contributed by atoms with E-state index in [0.717, 1.165) is 11.3 Å². The molecule has 8 heteroatoms. The van der Waals surface area contributed by atoms with Gasteiger partial charge >= 0.3 is 0 Å². The Balaban J connectivity index is 1.82. The van der Waals surface area contributed by atoms with E-state index in [1.807, 2.05) is 30.3 Å². The van der Waals surface area contributed by atoms with E-state index in [2.05, 4.69) is 10.6 Å². The fraction of sp³-hybridized carbons (Fsp3) is 0.200. The maximum atomic E-state index is 14.6. The Morgan fingerprint density at radius 1 is 1.12 bits per heavy atom. The maximum absolute atomic E-state index is 14.6. The number of anilines is 2. The number of amides is 1. The minimum absolute atomic E-state index is 0.0620. The van der Waals surface area contributed by atoms with Crippen LogP contribution in [0.1, 0.15) is 29.7 Å². The van der Waals surface area contributed by atoms with Crippen LogP contribution in [0.5, 0.6) is 5.75 Å². The van der Waals surface area contributed by atoms with Gasteiger partial charge in [0.15, 0.2) is 6.10 Å². The number of methoxy groups -OCH3 is 1. The van der Waals surface area contributed by atoms with Crippen LogP contribution in [-0.4, -0.2) is 25.5 Å². The summed E-state index contributed by atoms with van der Waals surface area (Å²) in [5, 5.41) is 13.8. The lowest BCUT2D eigenvalue weighted by atomic mass is 10.1. The third-order valence-electron chi connectivity index (χ3n) is 4.99. The first-order chi connectivity index (χ1) is 15.9. The van der Waals surface area contributed by atoms with Crippen LogP contribution in [0.4, 0.5) is 15.8 Å². The Kier molecular flexibility index (Phi) is 7.99. The van der Waals surface area contributed by atoms with Crippen molar-refractivity contribution in [2.45, 2.75) is 19.6 Å². The topological polar surface area (TPSA) is 109 Å². The molecule has 0 bridgehead atoms. The van der Waals surface area contributed by atoms with E-state index in [1.165, 1.54) is 19.2 Å². The van der Waals surface area contributed by atoms with Crippen LogP contribution in [-0.2, 0) is 16.1 Å².